The lowest BCUT2D eigenvalue weighted by molar-refractivity contribution is -0.136. The fourth-order valence-electron chi connectivity index (χ4n) is 4.29. The highest BCUT2D eigenvalue weighted by molar-refractivity contribution is 5.95. The molecular formula is C24H29FN4O3. The summed E-state index contributed by atoms with van der Waals surface area (Å²) in [6, 6.07) is 6.28. The van der Waals surface area contributed by atoms with Crippen molar-refractivity contribution in [2.24, 2.45) is 0 Å². The van der Waals surface area contributed by atoms with E-state index in [-0.39, 0.29) is 42.8 Å². The summed E-state index contributed by atoms with van der Waals surface area (Å²) in [5, 5.41) is 0. The number of aromatic nitrogens is 2. The molecule has 1 atom stereocenters. The summed E-state index contributed by atoms with van der Waals surface area (Å²) in [6.45, 7) is 7.26. The topological polar surface area (TPSA) is 75.6 Å². The van der Waals surface area contributed by atoms with Gasteiger partial charge in [0.25, 0.3) is 0 Å². The predicted octanol–water partition coefficient (Wildman–Crippen LogP) is 3.14. The van der Waals surface area contributed by atoms with Crippen LogP contribution < -0.4 is 4.90 Å². The molecule has 1 saturated heterocycles. The summed E-state index contributed by atoms with van der Waals surface area (Å²) in [6.07, 6.45) is 1.75. The number of hydrogen-bond acceptors (Lipinski definition) is 5. The highest BCUT2D eigenvalue weighted by Crippen LogP contribution is 2.33. The first-order chi connectivity index (χ1) is 15.3. The van der Waals surface area contributed by atoms with Crippen molar-refractivity contribution in [3.63, 3.8) is 0 Å². The van der Waals surface area contributed by atoms with Crippen LogP contribution in [-0.2, 0) is 27.3 Å². The van der Waals surface area contributed by atoms with E-state index >= 15 is 0 Å². The largest absolute Gasteiger partial charge is 0.369 e. The third kappa shape index (κ3) is 4.80. The van der Waals surface area contributed by atoms with Gasteiger partial charge in [-0.2, -0.15) is 0 Å². The molecule has 3 heterocycles. The summed E-state index contributed by atoms with van der Waals surface area (Å²) < 4.78 is 19.1. The number of fused-ring (bicyclic) bond motifs is 1. The van der Waals surface area contributed by atoms with Crippen molar-refractivity contribution in [1.82, 2.24) is 14.9 Å². The Morgan fingerprint density at radius 1 is 1.28 bits per heavy atom. The number of likely N-dealkylation sites (tertiary alicyclic amines) is 1. The van der Waals surface area contributed by atoms with Gasteiger partial charge in [0.05, 0.1) is 12.6 Å². The Labute approximate surface area is 187 Å². The number of ether oxygens (including phenoxy) is 1. The first-order valence-electron chi connectivity index (χ1n) is 11.1. The van der Waals surface area contributed by atoms with Crippen LogP contribution >= 0.6 is 0 Å². The lowest BCUT2D eigenvalue weighted by Gasteiger charge is -2.30. The number of benzene rings is 1. The van der Waals surface area contributed by atoms with E-state index in [9.17, 15) is 14.0 Å². The minimum absolute atomic E-state index is 0.00517. The van der Waals surface area contributed by atoms with E-state index in [0.717, 1.165) is 17.7 Å². The Hall–Kier alpha value is -2.87. The predicted molar refractivity (Wildman–Crippen MR) is 118 cm³/mol. The van der Waals surface area contributed by atoms with Crippen LogP contribution in [-0.4, -0.2) is 52.5 Å². The van der Waals surface area contributed by atoms with Gasteiger partial charge >= 0.3 is 0 Å². The second-order valence-corrected chi connectivity index (χ2v) is 8.76. The van der Waals surface area contributed by atoms with Crippen LogP contribution in [0.5, 0.6) is 0 Å². The first kappa shape index (κ1) is 22.3. The van der Waals surface area contributed by atoms with Crippen molar-refractivity contribution in [2.75, 3.05) is 24.6 Å². The molecule has 1 unspecified atom stereocenters. The molecule has 2 aliphatic rings. The maximum absolute atomic E-state index is 13.7. The van der Waals surface area contributed by atoms with Crippen LogP contribution in [0.25, 0.3) is 0 Å². The Balaban J connectivity index is 1.56. The fourth-order valence-corrected chi connectivity index (χ4v) is 4.29. The average molecular weight is 441 g/mol. The third-order valence-corrected chi connectivity index (χ3v) is 6.03. The van der Waals surface area contributed by atoms with Crippen LogP contribution in [0.2, 0.25) is 0 Å². The summed E-state index contributed by atoms with van der Waals surface area (Å²) in [7, 11) is 0. The number of halogens is 1. The number of carbonyl (C=O) groups is 2. The quantitative estimate of drug-likeness (QED) is 0.690. The Morgan fingerprint density at radius 3 is 2.84 bits per heavy atom. The number of carbonyl (C=O) groups excluding carboxylic acids is 2. The van der Waals surface area contributed by atoms with Crippen molar-refractivity contribution in [3.05, 3.63) is 52.7 Å². The van der Waals surface area contributed by atoms with E-state index in [4.69, 9.17) is 14.7 Å². The van der Waals surface area contributed by atoms with Crippen LogP contribution in [0.1, 0.15) is 55.3 Å². The summed E-state index contributed by atoms with van der Waals surface area (Å²) in [4.78, 5) is 38.2. The number of rotatable bonds is 6. The number of hydrogen-bond donors (Lipinski definition) is 0. The maximum Gasteiger partial charge on any atom is 0.248 e. The van der Waals surface area contributed by atoms with Gasteiger partial charge in [0.1, 0.15) is 24.1 Å². The highest BCUT2D eigenvalue weighted by Gasteiger charge is 2.33. The smallest absolute Gasteiger partial charge is 0.248 e. The molecule has 1 aromatic carbocycles. The number of amides is 2. The van der Waals surface area contributed by atoms with Crippen molar-refractivity contribution >= 4 is 17.6 Å². The number of anilines is 1. The molecule has 0 bridgehead atoms. The Bertz CT molecular complexity index is 1030. The number of nitrogens with zero attached hydrogens (tertiary/aromatic N) is 4. The zero-order chi connectivity index (χ0) is 22.8. The molecule has 170 valence electrons. The van der Waals surface area contributed by atoms with Gasteiger partial charge in [-0.1, -0.05) is 12.1 Å². The molecule has 2 amide bonds. The van der Waals surface area contributed by atoms with Crippen molar-refractivity contribution in [3.8, 4) is 0 Å². The second kappa shape index (κ2) is 9.32. The zero-order valence-corrected chi connectivity index (χ0v) is 18.8. The lowest BCUT2D eigenvalue weighted by atomic mass is 10.0. The molecule has 32 heavy (non-hydrogen) atoms. The fraction of sp³-hybridized carbons (Fsp3) is 0.500. The summed E-state index contributed by atoms with van der Waals surface area (Å²) >= 11 is 0. The molecule has 0 aliphatic carbocycles. The van der Waals surface area contributed by atoms with Gasteiger partial charge in [0, 0.05) is 36.7 Å². The van der Waals surface area contributed by atoms with E-state index in [1.807, 2.05) is 20.8 Å². The molecular weight excluding hydrogens is 411 g/mol. The summed E-state index contributed by atoms with van der Waals surface area (Å²) in [5.41, 5.74) is 2.53. The molecule has 0 saturated carbocycles. The molecule has 0 N–H and O–H groups in total. The normalized spacial score (nSPS) is 18.4. The van der Waals surface area contributed by atoms with Gasteiger partial charge in [0.2, 0.25) is 11.8 Å². The summed E-state index contributed by atoms with van der Waals surface area (Å²) in [5.74, 6) is 0.888. The van der Waals surface area contributed by atoms with Crippen molar-refractivity contribution in [2.45, 2.75) is 58.6 Å². The number of aryl methyl sites for hydroxylation is 1. The molecule has 4 rings (SSSR count). The molecule has 0 spiro atoms. The van der Waals surface area contributed by atoms with Crippen LogP contribution in [0.4, 0.5) is 10.2 Å². The standard InChI is InChI=1S/C24H29FN4O3/c1-15(2)32-14-22(31)28-10-9-18(13-28)23-26-16(3)20-7-8-21(30)29(24(20)27-23)12-17-5-4-6-19(25)11-17/h4-6,11,15,18H,7-10,12-14H2,1-3H3. The van der Waals surface area contributed by atoms with Crippen molar-refractivity contribution in [1.29, 1.82) is 0 Å². The Morgan fingerprint density at radius 2 is 2.09 bits per heavy atom. The average Bonchev–Trinajstić information content (AvgIpc) is 3.24. The van der Waals surface area contributed by atoms with Crippen molar-refractivity contribution < 1.29 is 18.7 Å². The molecule has 2 aliphatic heterocycles. The van der Waals surface area contributed by atoms with Gasteiger partial charge in [0.15, 0.2) is 0 Å². The minimum Gasteiger partial charge on any atom is -0.369 e. The molecule has 0 radical (unpaired) electrons. The Kier molecular flexibility index (Phi) is 6.50. The zero-order valence-electron chi connectivity index (χ0n) is 18.8. The van der Waals surface area contributed by atoms with E-state index in [2.05, 4.69) is 0 Å². The SMILES string of the molecule is Cc1nc(C2CCN(C(=O)COC(C)C)C2)nc2c1CCC(=O)N2Cc1cccc(F)c1. The first-order valence-corrected chi connectivity index (χ1v) is 11.1. The van der Waals surface area contributed by atoms with Gasteiger partial charge < -0.3 is 9.64 Å². The highest BCUT2D eigenvalue weighted by atomic mass is 19.1. The van der Waals surface area contributed by atoms with Crippen LogP contribution in [0.15, 0.2) is 24.3 Å². The van der Waals surface area contributed by atoms with Gasteiger partial charge in [-0.25, -0.2) is 14.4 Å². The van der Waals surface area contributed by atoms with E-state index in [1.54, 1.807) is 21.9 Å². The molecule has 1 fully saturated rings. The van der Waals surface area contributed by atoms with Gasteiger partial charge in [-0.05, 0) is 51.3 Å². The third-order valence-electron chi connectivity index (χ3n) is 6.03. The van der Waals surface area contributed by atoms with E-state index in [1.165, 1.54) is 12.1 Å². The van der Waals surface area contributed by atoms with Gasteiger partial charge in [-0.15, -0.1) is 0 Å². The maximum atomic E-state index is 13.7. The molecule has 1 aromatic heterocycles. The van der Waals surface area contributed by atoms with Crippen LogP contribution in [0.3, 0.4) is 0 Å². The van der Waals surface area contributed by atoms with E-state index < -0.39 is 0 Å². The molecule has 8 heteroatoms. The molecule has 7 nitrogen and oxygen atoms in total. The monoisotopic (exact) mass is 440 g/mol. The second-order valence-electron chi connectivity index (χ2n) is 8.76. The molecule has 2 aromatic rings. The lowest BCUT2D eigenvalue weighted by Crippen LogP contribution is -2.36. The van der Waals surface area contributed by atoms with E-state index in [0.29, 0.717) is 43.1 Å². The van der Waals surface area contributed by atoms with Gasteiger partial charge in [-0.3, -0.25) is 14.5 Å². The minimum atomic E-state index is -0.330. The van der Waals surface area contributed by atoms with Crippen LogP contribution in [0, 0.1) is 12.7 Å².